The fourth-order valence-electron chi connectivity index (χ4n) is 2.48. The fourth-order valence-corrected chi connectivity index (χ4v) is 2.69. The van der Waals surface area contributed by atoms with Crippen LogP contribution in [-0.2, 0) is 0 Å². The van der Waals surface area contributed by atoms with E-state index in [1.807, 2.05) is 7.05 Å². The first kappa shape index (κ1) is 14.1. The Hall–Kier alpha value is -1.33. The smallest absolute Gasteiger partial charge is 0.312 e. The third-order valence-corrected chi connectivity index (χ3v) is 4.23. The van der Waals surface area contributed by atoms with Crippen LogP contribution in [0, 0.1) is 15.5 Å². The highest BCUT2D eigenvalue weighted by Crippen LogP contribution is 2.45. The number of para-hydroxylation sites is 1. The number of benzene rings is 1. The third kappa shape index (κ3) is 2.40. The van der Waals surface area contributed by atoms with Gasteiger partial charge in [-0.05, 0) is 13.1 Å². The van der Waals surface area contributed by atoms with Crippen LogP contribution < -0.4 is 10.1 Å². The summed E-state index contributed by atoms with van der Waals surface area (Å²) in [6, 6.07) is 4.91. The summed E-state index contributed by atoms with van der Waals surface area (Å²) in [5.41, 5.74) is -0.168. The van der Waals surface area contributed by atoms with Crippen molar-refractivity contribution in [3.05, 3.63) is 33.3 Å². The Kier molecular flexibility index (Phi) is 3.69. The predicted molar refractivity (Wildman–Crippen MR) is 73.8 cm³/mol. The Balaban J connectivity index is 2.24. The number of nitro groups is 1. The zero-order valence-corrected chi connectivity index (χ0v) is 11.9. The van der Waals surface area contributed by atoms with Crippen LogP contribution in [0.1, 0.15) is 20.3 Å². The Bertz CT molecular complexity index is 505. The average Bonchev–Trinajstić information content (AvgIpc) is 2.34. The fraction of sp³-hybridized carbons (Fsp3) is 0.538. The van der Waals surface area contributed by atoms with Gasteiger partial charge >= 0.3 is 5.69 Å². The monoisotopic (exact) mass is 284 g/mol. The van der Waals surface area contributed by atoms with Gasteiger partial charge in [0.15, 0.2) is 0 Å². The van der Waals surface area contributed by atoms with E-state index in [0.717, 1.165) is 6.42 Å². The molecule has 0 saturated heterocycles. The molecule has 5 nitrogen and oxygen atoms in total. The van der Waals surface area contributed by atoms with Gasteiger partial charge in [-0.25, -0.2) is 0 Å². The first-order valence-electron chi connectivity index (χ1n) is 6.14. The molecule has 0 aliphatic heterocycles. The quantitative estimate of drug-likeness (QED) is 0.682. The van der Waals surface area contributed by atoms with Crippen LogP contribution in [0.4, 0.5) is 5.69 Å². The predicted octanol–water partition coefficient (Wildman–Crippen LogP) is 3.01. The van der Waals surface area contributed by atoms with Crippen LogP contribution in [0.15, 0.2) is 18.2 Å². The van der Waals surface area contributed by atoms with Crippen LogP contribution in [0.5, 0.6) is 5.75 Å². The second-order valence-corrected chi connectivity index (χ2v) is 5.76. The minimum atomic E-state index is -0.470. The van der Waals surface area contributed by atoms with Gasteiger partial charge in [0.25, 0.3) is 0 Å². The Labute approximate surface area is 117 Å². The van der Waals surface area contributed by atoms with Gasteiger partial charge < -0.3 is 10.1 Å². The zero-order valence-electron chi connectivity index (χ0n) is 11.1. The van der Waals surface area contributed by atoms with E-state index in [4.69, 9.17) is 16.3 Å². The molecule has 0 aromatic heterocycles. The van der Waals surface area contributed by atoms with E-state index in [2.05, 4.69) is 19.2 Å². The minimum absolute atomic E-state index is 0.0800. The molecule has 1 saturated carbocycles. The van der Waals surface area contributed by atoms with Crippen molar-refractivity contribution in [2.45, 2.75) is 32.4 Å². The third-order valence-electron chi connectivity index (χ3n) is 3.93. The molecule has 1 fully saturated rings. The summed E-state index contributed by atoms with van der Waals surface area (Å²) in [4.78, 5) is 10.5. The molecule has 0 heterocycles. The lowest BCUT2D eigenvalue weighted by atomic mass is 9.64. The Morgan fingerprint density at radius 1 is 1.53 bits per heavy atom. The second kappa shape index (κ2) is 4.98. The zero-order chi connectivity index (χ0) is 14.2. The van der Waals surface area contributed by atoms with Crippen molar-refractivity contribution in [1.82, 2.24) is 5.32 Å². The molecule has 19 heavy (non-hydrogen) atoms. The number of nitrogens with one attached hydrogen (secondary N) is 1. The maximum Gasteiger partial charge on any atom is 0.312 e. The normalized spacial score (nSPS) is 24.6. The molecule has 0 spiro atoms. The van der Waals surface area contributed by atoms with Crippen LogP contribution in [0.25, 0.3) is 0 Å². The number of nitrogens with zero attached hydrogens (tertiary/aromatic N) is 1. The number of nitro benzene ring substituents is 1. The molecule has 104 valence electrons. The lowest BCUT2D eigenvalue weighted by Gasteiger charge is -2.51. The SMILES string of the molecule is CNC1CC(Oc2c(Cl)cccc2[N+](=O)[O-])C1(C)C. The van der Waals surface area contributed by atoms with Crippen molar-refractivity contribution in [2.24, 2.45) is 5.41 Å². The molecule has 0 bridgehead atoms. The van der Waals surface area contributed by atoms with E-state index < -0.39 is 4.92 Å². The van der Waals surface area contributed by atoms with Gasteiger partial charge in [-0.15, -0.1) is 0 Å². The van der Waals surface area contributed by atoms with Crippen molar-refractivity contribution >= 4 is 17.3 Å². The molecular weight excluding hydrogens is 268 g/mol. The average molecular weight is 285 g/mol. The van der Waals surface area contributed by atoms with Gasteiger partial charge in [0.1, 0.15) is 6.10 Å². The molecule has 1 aromatic rings. The van der Waals surface area contributed by atoms with Crippen molar-refractivity contribution < 1.29 is 9.66 Å². The van der Waals surface area contributed by atoms with E-state index in [1.165, 1.54) is 6.07 Å². The number of hydrogen-bond donors (Lipinski definition) is 1. The van der Waals surface area contributed by atoms with E-state index in [9.17, 15) is 10.1 Å². The molecule has 2 atom stereocenters. The molecule has 1 aliphatic carbocycles. The Morgan fingerprint density at radius 2 is 2.21 bits per heavy atom. The maximum absolute atomic E-state index is 11.0. The highest BCUT2D eigenvalue weighted by molar-refractivity contribution is 6.32. The lowest BCUT2D eigenvalue weighted by Crippen LogP contribution is -2.61. The second-order valence-electron chi connectivity index (χ2n) is 5.35. The molecule has 0 amide bonds. The van der Waals surface area contributed by atoms with Gasteiger partial charge in [0, 0.05) is 23.9 Å². The van der Waals surface area contributed by atoms with E-state index in [-0.39, 0.29) is 28.0 Å². The van der Waals surface area contributed by atoms with E-state index in [0.29, 0.717) is 6.04 Å². The van der Waals surface area contributed by atoms with Crippen molar-refractivity contribution in [1.29, 1.82) is 0 Å². The van der Waals surface area contributed by atoms with E-state index in [1.54, 1.807) is 12.1 Å². The molecule has 6 heteroatoms. The minimum Gasteiger partial charge on any atom is -0.482 e. The van der Waals surface area contributed by atoms with E-state index >= 15 is 0 Å². The van der Waals surface area contributed by atoms with Crippen LogP contribution in [0.3, 0.4) is 0 Å². The van der Waals surface area contributed by atoms with Gasteiger partial charge in [0.05, 0.1) is 9.95 Å². The number of halogens is 1. The number of hydrogen-bond acceptors (Lipinski definition) is 4. The van der Waals surface area contributed by atoms with Crippen molar-refractivity contribution in [3.63, 3.8) is 0 Å². The van der Waals surface area contributed by atoms with Gasteiger partial charge in [-0.2, -0.15) is 0 Å². The van der Waals surface area contributed by atoms with Crippen molar-refractivity contribution in [3.8, 4) is 5.75 Å². The largest absolute Gasteiger partial charge is 0.482 e. The topological polar surface area (TPSA) is 64.4 Å². The summed E-state index contributed by atoms with van der Waals surface area (Å²) < 4.78 is 5.81. The van der Waals surface area contributed by atoms with Crippen LogP contribution in [-0.4, -0.2) is 24.1 Å². The maximum atomic E-state index is 11.0. The number of rotatable bonds is 4. The first-order chi connectivity index (χ1) is 8.87. The molecule has 0 radical (unpaired) electrons. The lowest BCUT2D eigenvalue weighted by molar-refractivity contribution is -0.386. The van der Waals surface area contributed by atoms with Crippen LogP contribution >= 0.6 is 11.6 Å². The molecule has 1 aromatic carbocycles. The highest BCUT2D eigenvalue weighted by atomic mass is 35.5. The molecule has 1 N–H and O–H groups in total. The molecule has 2 unspecified atom stereocenters. The molecule has 2 rings (SSSR count). The van der Waals surface area contributed by atoms with Gasteiger partial charge in [0.2, 0.25) is 5.75 Å². The summed E-state index contributed by atoms with van der Waals surface area (Å²) in [7, 11) is 1.90. The number of ether oxygens (including phenoxy) is 1. The standard InChI is InChI=1S/C13H17ClN2O3/c1-13(2)10(15-3)7-11(13)19-12-8(14)5-4-6-9(12)16(17)18/h4-6,10-11,15H,7H2,1-3H3. The summed E-state index contributed by atoms with van der Waals surface area (Å²) in [5, 5.41) is 14.5. The van der Waals surface area contributed by atoms with Crippen molar-refractivity contribution in [2.75, 3.05) is 7.05 Å². The molecule has 1 aliphatic rings. The summed E-state index contributed by atoms with van der Waals surface area (Å²) >= 11 is 6.02. The van der Waals surface area contributed by atoms with Crippen LogP contribution in [0.2, 0.25) is 5.02 Å². The van der Waals surface area contributed by atoms with Gasteiger partial charge in [-0.1, -0.05) is 31.5 Å². The summed E-state index contributed by atoms with van der Waals surface area (Å²) in [6.07, 6.45) is 0.731. The highest BCUT2D eigenvalue weighted by Gasteiger charge is 2.49. The summed E-state index contributed by atoms with van der Waals surface area (Å²) in [6.45, 7) is 4.15. The first-order valence-corrected chi connectivity index (χ1v) is 6.52. The molecular formula is C13H17ClN2O3. The summed E-state index contributed by atoms with van der Waals surface area (Å²) in [5.74, 6) is 0.168. The Morgan fingerprint density at radius 3 is 2.74 bits per heavy atom. The van der Waals surface area contributed by atoms with Gasteiger partial charge in [-0.3, -0.25) is 10.1 Å².